The molecule has 0 spiro atoms. The van der Waals surface area contributed by atoms with Crippen LogP contribution in [-0.2, 0) is 7.05 Å². The lowest BCUT2D eigenvalue weighted by Gasteiger charge is -1.90. The highest BCUT2D eigenvalue weighted by Gasteiger charge is 2.10. The average molecular weight is 259 g/mol. The van der Waals surface area contributed by atoms with Gasteiger partial charge in [-0.05, 0) is 27.5 Å². The summed E-state index contributed by atoms with van der Waals surface area (Å²) in [6, 6.07) is 1.81. The number of nitrogens with two attached hydrogens (primary N) is 1. The monoisotopic (exact) mass is 258 g/mol. The van der Waals surface area contributed by atoms with Crippen molar-refractivity contribution < 1.29 is 0 Å². The minimum Gasteiger partial charge on any atom is -0.384 e. The predicted octanol–water partition coefficient (Wildman–Crippen LogP) is 1.89. The quantitative estimate of drug-likeness (QED) is 0.850. The van der Waals surface area contributed by atoms with E-state index >= 15 is 0 Å². The maximum Gasteiger partial charge on any atom is 0.122 e. The third-order valence-electron chi connectivity index (χ3n) is 1.69. The minimum absolute atomic E-state index is 0.634. The Morgan fingerprint density at radius 3 is 2.85 bits per heavy atom. The van der Waals surface area contributed by atoms with Gasteiger partial charge >= 0.3 is 0 Å². The van der Waals surface area contributed by atoms with Crippen LogP contribution in [0.15, 0.2) is 15.9 Å². The summed E-state index contributed by atoms with van der Waals surface area (Å²) in [5.74, 6) is 0.634. The van der Waals surface area contributed by atoms with Crippen molar-refractivity contribution >= 4 is 33.3 Å². The molecule has 0 bridgehead atoms. The maximum absolute atomic E-state index is 5.66. The Kier molecular flexibility index (Phi) is 2.09. The van der Waals surface area contributed by atoms with Crippen LogP contribution in [0.5, 0.6) is 0 Å². The number of rotatable bonds is 1. The van der Waals surface area contributed by atoms with E-state index in [9.17, 15) is 0 Å². The van der Waals surface area contributed by atoms with E-state index in [0.29, 0.717) is 5.82 Å². The molecule has 6 heteroatoms. The largest absolute Gasteiger partial charge is 0.384 e. The molecular formula is C7H7BrN4S. The summed E-state index contributed by atoms with van der Waals surface area (Å²) in [6.07, 6.45) is 0. The van der Waals surface area contributed by atoms with E-state index in [0.717, 1.165) is 15.9 Å². The smallest absolute Gasteiger partial charge is 0.122 e. The minimum atomic E-state index is 0.634. The molecule has 0 saturated heterocycles. The molecule has 0 saturated carbocycles. The number of nitrogens with zero attached hydrogens (tertiary/aromatic N) is 3. The van der Waals surface area contributed by atoms with Gasteiger partial charge in [-0.3, -0.25) is 4.68 Å². The van der Waals surface area contributed by atoms with Crippen LogP contribution in [0.2, 0.25) is 0 Å². The predicted molar refractivity (Wildman–Crippen MR) is 56.4 cm³/mol. The van der Waals surface area contributed by atoms with Gasteiger partial charge in [-0.1, -0.05) is 0 Å². The maximum atomic E-state index is 5.66. The summed E-state index contributed by atoms with van der Waals surface area (Å²) in [4.78, 5) is 0. The second kappa shape index (κ2) is 3.12. The molecule has 0 unspecified atom stereocenters. The van der Waals surface area contributed by atoms with Crippen LogP contribution in [0.3, 0.4) is 0 Å². The summed E-state index contributed by atoms with van der Waals surface area (Å²) in [5.41, 5.74) is 7.30. The van der Waals surface area contributed by atoms with Crippen molar-refractivity contribution in [1.82, 2.24) is 14.2 Å². The van der Waals surface area contributed by atoms with Crippen molar-refractivity contribution in [3.8, 4) is 11.4 Å². The Balaban J connectivity index is 2.53. The van der Waals surface area contributed by atoms with Crippen molar-refractivity contribution in [2.45, 2.75) is 0 Å². The van der Waals surface area contributed by atoms with Gasteiger partial charge in [0.2, 0.25) is 0 Å². The number of aryl methyl sites for hydroxylation is 1. The third kappa shape index (κ3) is 1.47. The highest BCUT2D eigenvalue weighted by Crippen LogP contribution is 2.28. The number of anilines is 1. The van der Waals surface area contributed by atoms with Crippen molar-refractivity contribution in [2.24, 2.45) is 7.05 Å². The molecule has 2 heterocycles. The summed E-state index contributed by atoms with van der Waals surface area (Å²) >= 11 is 4.78. The molecule has 0 atom stereocenters. The summed E-state index contributed by atoms with van der Waals surface area (Å²) in [7, 11) is 1.80. The average Bonchev–Trinajstić information content (AvgIpc) is 2.60. The van der Waals surface area contributed by atoms with Crippen LogP contribution in [-0.4, -0.2) is 14.2 Å². The second-order valence-corrected chi connectivity index (χ2v) is 4.07. The number of aromatic nitrogens is 3. The number of hydrogen-bond donors (Lipinski definition) is 1. The Hall–Kier alpha value is -0.880. The van der Waals surface area contributed by atoms with Gasteiger partial charge in [0.15, 0.2) is 0 Å². The zero-order valence-corrected chi connectivity index (χ0v) is 9.26. The zero-order valence-electron chi connectivity index (χ0n) is 6.86. The molecule has 68 valence electrons. The fourth-order valence-corrected chi connectivity index (χ4v) is 2.21. The molecule has 0 aliphatic carbocycles. The van der Waals surface area contributed by atoms with Crippen LogP contribution in [0.1, 0.15) is 0 Å². The van der Waals surface area contributed by atoms with Crippen LogP contribution < -0.4 is 5.73 Å². The number of halogens is 1. The lowest BCUT2D eigenvalue weighted by molar-refractivity contribution is 0.781. The molecule has 0 aliphatic heterocycles. The van der Waals surface area contributed by atoms with Gasteiger partial charge in [-0.25, -0.2) is 0 Å². The van der Waals surface area contributed by atoms with Gasteiger partial charge in [0.05, 0.1) is 4.47 Å². The molecule has 0 fully saturated rings. The van der Waals surface area contributed by atoms with Crippen molar-refractivity contribution in [3.05, 3.63) is 15.9 Å². The standard InChI is InChI=1S/C7H7BrN4S/c1-12-6(9)2-5(10-12)7-4(8)3-13-11-7/h2-3H,9H2,1H3. The first-order valence-electron chi connectivity index (χ1n) is 3.58. The lowest BCUT2D eigenvalue weighted by Crippen LogP contribution is -1.96. The van der Waals surface area contributed by atoms with Crippen LogP contribution in [0.4, 0.5) is 5.82 Å². The van der Waals surface area contributed by atoms with Crippen LogP contribution in [0.25, 0.3) is 11.4 Å². The van der Waals surface area contributed by atoms with Gasteiger partial charge in [-0.2, -0.15) is 9.47 Å². The topological polar surface area (TPSA) is 56.7 Å². The third-order valence-corrected chi connectivity index (χ3v) is 3.22. The number of hydrogen-bond acceptors (Lipinski definition) is 4. The molecule has 2 N–H and O–H groups in total. The Labute approximate surface area is 87.7 Å². The molecule has 2 rings (SSSR count). The van der Waals surface area contributed by atoms with Crippen molar-refractivity contribution in [2.75, 3.05) is 5.73 Å². The van der Waals surface area contributed by atoms with E-state index in [1.165, 1.54) is 11.5 Å². The first-order valence-corrected chi connectivity index (χ1v) is 5.21. The van der Waals surface area contributed by atoms with Gasteiger partial charge in [-0.15, -0.1) is 0 Å². The molecule has 0 amide bonds. The first kappa shape index (κ1) is 8.71. The molecule has 0 aliphatic rings. The molecule has 0 aromatic carbocycles. The SMILES string of the molecule is Cn1nc(-c2nscc2Br)cc1N. The highest BCUT2D eigenvalue weighted by atomic mass is 79.9. The molecule has 0 radical (unpaired) electrons. The van der Waals surface area contributed by atoms with E-state index in [1.807, 2.05) is 5.38 Å². The van der Waals surface area contributed by atoms with Crippen molar-refractivity contribution in [3.63, 3.8) is 0 Å². The highest BCUT2D eigenvalue weighted by molar-refractivity contribution is 9.10. The van der Waals surface area contributed by atoms with E-state index in [2.05, 4.69) is 25.4 Å². The zero-order chi connectivity index (χ0) is 9.42. The van der Waals surface area contributed by atoms with Crippen LogP contribution >= 0.6 is 27.5 Å². The fourth-order valence-electron chi connectivity index (χ4n) is 0.991. The molecule has 2 aromatic heterocycles. The molecule has 2 aromatic rings. The van der Waals surface area contributed by atoms with E-state index < -0.39 is 0 Å². The first-order chi connectivity index (χ1) is 6.18. The van der Waals surface area contributed by atoms with Gasteiger partial charge in [0, 0.05) is 18.5 Å². The molecule has 4 nitrogen and oxygen atoms in total. The normalized spacial score (nSPS) is 10.6. The van der Waals surface area contributed by atoms with Gasteiger partial charge in [0.25, 0.3) is 0 Å². The lowest BCUT2D eigenvalue weighted by atomic mass is 10.3. The van der Waals surface area contributed by atoms with Gasteiger partial charge < -0.3 is 5.73 Å². The Morgan fingerprint density at radius 2 is 2.38 bits per heavy atom. The fraction of sp³-hybridized carbons (Fsp3) is 0.143. The Bertz CT molecular complexity index is 414. The summed E-state index contributed by atoms with van der Waals surface area (Å²) in [5, 5.41) is 6.14. The van der Waals surface area contributed by atoms with E-state index in [4.69, 9.17) is 5.73 Å². The van der Waals surface area contributed by atoms with E-state index in [-0.39, 0.29) is 0 Å². The van der Waals surface area contributed by atoms with Crippen molar-refractivity contribution in [1.29, 1.82) is 0 Å². The van der Waals surface area contributed by atoms with Crippen LogP contribution in [0, 0.1) is 0 Å². The van der Waals surface area contributed by atoms with E-state index in [1.54, 1.807) is 17.8 Å². The molecule has 13 heavy (non-hydrogen) atoms. The summed E-state index contributed by atoms with van der Waals surface area (Å²) < 4.78 is 6.78. The van der Waals surface area contributed by atoms with Gasteiger partial charge in [0.1, 0.15) is 17.2 Å². The molecular weight excluding hydrogens is 252 g/mol. The summed E-state index contributed by atoms with van der Waals surface area (Å²) in [6.45, 7) is 0. The Morgan fingerprint density at radius 1 is 1.62 bits per heavy atom. The second-order valence-electron chi connectivity index (χ2n) is 2.59. The number of nitrogen functional groups attached to an aromatic ring is 1.